The topological polar surface area (TPSA) is 18.5 Å². The van der Waals surface area contributed by atoms with Gasteiger partial charge >= 0.3 is 0 Å². The molecular weight excluding hydrogens is 412 g/mol. The van der Waals surface area contributed by atoms with Gasteiger partial charge in [0.05, 0.1) is 5.76 Å². The van der Waals surface area contributed by atoms with E-state index < -0.39 is 16.6 Å². The van der Waals surface area contributed by atoms with Crippen molar-refractivity contribution in [2.45, 2.75) is 124 Å². The smallest absolute Gasteiger partial charge is 0.250 e. The van der Waals surface area contributed by atoms with E-state index in [1.807, 2.05) is 0 Å². The molecule has 0 aliphatic heterocycles. The van der Waals surface area contributed by atoms with E-state index in [2.05, 4.69) is 87.6 Å². The van der Waals surface area contributed by atoms with Crippen molar-refractivity contribution in [1.29, 1.82) is 0 Å². The zero-order chi connectivity index (χ0) is 23.9. The molecule has 1 aliphatic carbocycles. The third-order valence-electron chi connectivity index (χ3n) is 8.12. The van der Waals surface area contributed by atoms with Crippen LogP contribution in [0.25, 0.3) is 0 Å². The van der Waals surface area contributed by atoms with Crippen molar-refractivity contribution < 1.29 is 8.85 Å². The number of hydrogen-bond acceptors (Lipinski definition) is 2. The highest BCUT2D eigenvalue weighted by Crippen LogP contribution is 2.40. The average molecular weight is 467 g/mol. The van der Waals surface area contributed by atoms with Crippen LogP contribution < -0.4 is 0 Å². The molecule has 31 heavy (non-hydrogen) atoms. The average Bonchev–Trinajstić information content (AvgIpc) is 2.69. The molecule has 0 saturated carbocycles. The summed E-state index contributed by atoms with van der Waals surface area (Å²) in [6, 6.07) is 3.63. The van der Waals surface area contributed by atoms with E-state index in [9.17, 15) is 0 Å². The van der Waals surface area contributed by atoms with Crippen LogP contribution >= 0.6 is 0 Å². The van der Waals surface area contributed by atoms with E-state index in [0.29, 0.717) is 11.8 Å². The fourth-order valence-corrected chi connectivity index (χ4v) is 7.98. The van der Waals surface area contributed by atoms with Gasteiger partial charge in [-0.15, -0.1) is 0 Å². The van der Waals surface area contributed by atoms with Crippen molar-refractivity contribution in [2.75, 3.05) is 6.61 Å². The van der Waals surface area contributed by atoms with Crippen LogP contribution in [0, 0.1) is 17.8 Å². The van der Waals surface area contributed by atoms with Crippen LogP contribution in [0.15, 0.2) is 23.5 Å². The fourth-order valence-electron chi connectivity index (χ4n) is 4.26. The molecule has 0 aromatic carbocycles. The minimum Gasteiger partial charge on any atom is -0.547 e. The molecule has 0 bridgehead atoms. The van der Waals surface area contributed by atoms with E-state index in [0.717, 1.165) is 18.9 Å². The first kappa shape index (κ1) is 28.7. The highest BCUT2D eigenvalue weighted by atomic mass is 28.4. The lowest BCUT2D eigenvalue weighted by atomic mass is 9.79. The minimum atomic E-state index is -1.73. The summed E-state index contributed by atoms with van der Waals surface area (Å²) in [5, 5.41) is 0.262. The van der Waals surface area contributed by atoms with Crippen molar-refractivity contribution in [3.05, 3.63) is 23.5 Å². The maximum absolute atomic E-state index is 6.84. The first-order valence-electron chi connectivity index (χ1n) is 13.0. The number of rotatable bonds is 12. The summed E-state index contributed by atoms with van der Waals surface area (Å²) in [5.74, 6) is 3.06. The molecule has 1 rings (SSSR count). The van der Waals surface area contributed by atoms with Crippen LogP contribution in [0.4, 0.5) is 0 Å². The third kappa shape index (κ3) is 8.51. The Kier molecular flexibility index (Phi) is 11.3. The first-order valence-corrected chi connectivity index (χ1v) is 18.4. The van der Waals surface area contributed by atoms with E-state index in [1.54, 1.807) is 0 Å². The molecule has 4 heteroatoms. The molecule has 182 valence electrons. The zero-order valence-electron chi connectivity index (χ0n) is 22.9. The Morgan fingerprint density at radius 2 is 1.71 bits per heavy atom. The van der Waals surface area contributed by atoms with E-state index >= 15 is 0 Å². The second-order valence-corrected chi connectivity index (χ2v) is 21.3. The minimum absolute atomic E-state index is 0.262. The van der Waals surface area contributed by atoms with Crippen LogP contribution in [0.3, 0.4) is 0 Å². The van der Waals surface area contributed by atoms with Crippen molar-refractivity contribution in [3.8, 4) is 0 Å². The maximum atomic E-state index is 6.84. The van der Waals surface area contributed by atoms with Crippen LogP contribution in [-0.2, 0) is 8.85 Å². The Hall–Kier alpha value is -0.326. The van der Waals surface area contributed by atoms with Gasteiger partial charge in [0.1, 0.15) is 0 Å². The Morgan fingerprint density at radius 3 is 2.19 bits per heavy atom. The highest BCUT2D eigenvalue weighted by Gasteiger charge is 2.39. The second-order valence-electron chi connectivity index (χ2n) is 11.8. The van der Waals surface area contributed by atoms with Crippen molar-refractivity contribution in [1.82, 2.24) is 0 Å². The molecule has 0 unspecified atom stereocenters. The summed E-state index contributed by atoms with van der Waals surface area (Å²) < 4.78 is 13.5. The van der Waals surface area contributed by atoms with Gasteiger partial charge in [-0.2, -0.15) is 0 Å². The van der Waals surface area contributed by atoms with Gasteiger partial charge < -0.3 is 8.85 Å². The van der Waals surface area contributed by atoms with Crippen LogP contribution in [0.5, 0.6) is 0 Å². The van der Waals surface area contributed by atoms with Gasteiger partial charge in [0.25, 0.3) is 0 Å². The van der Waals surface area contributed by atoms with Crippen molar-refractivity contribution in [2.24, 2.45) is 17.8 Å². The zero-order valence-corrected chi connectivity index (χ0v) is 24.9. The summed E-state index contributed by atoms with van der Waals surface area (Å²) >= 11 is 0. The largest absolute Gasteiger partial charge is 0.547 e. The fraction of sp³-hybridized carbons (Fsp3) is 0.852. The molecule has 0 N–H and O–H groups in total. The van der Waals surface area contributed by atoms with E-state index in [-0.39, 0.29) is 5.04 Å². The van der Waals surface area contributed by atoms with Crippen LogP contribution in [-0.4, -0.2) is 23.2 Å². The molecule has 1 aliphatic rings. The summed E-state index contributed by atoms with van der Waals surface area (Å²) in [6.07, 6.45) is 9.69. The molecular formula is C27H54O2Si2. The molecule has 0 aromatic rings. The monoisotopic (exact) mass is 466 g/mol. The van der Waals surface area contributed by atoms with E-state index in [1.165, 1.54) is 48.7 Å². The number of allylic oxidation sites excluding steroid dienone is 4. The molecule has 2 nitrogen and oxygen atoms in total. The quantitative estimate of drug-likeness (QED) is 0.211. The van der Waals surface area contributed by atoms with Gasteiger partial charge in [0.2, 0.25) is 8.32 Å². The SMILES string of the molecule is CC[Si](CC)(CC)OC1=C[C@H](/C(C)=C/CCC(C)C)[C@@H](CO[Si](C)(C)C(C)(C)C)CC1. The van der Waals surface area contributed by atoms with Gasteiger partial charge in [0, 0.05) is 18.9 Å². The molecule has 0 spiro atoms. The van der Waals surface area contributed by atoms with Crippen LogP contribution in [0.2, 0.25) is 36.3 Å². The molecule has 0 saturated heterocycles. The van der Waals surface area contributed by atoms with Crippen molar-refractivity contribution in [3.63, 3.8) is 0 Å². The standard InChI is InChI=1S/C27H54O2Si2/c1-12-31(13-2,14-3)29-25-19-18-24(21-28-30(10,11)27(7,8)9)26(20-25)23(6)17-15-16-22(4)5/h17,20,22,24,26H,12-16,18-19,21H2,1-11H3/b23-17+/t24-,26-/m1/s1. The van der Waals surface area contributed by atoms with E-state index in [4.69, 9.17) is 8.85 Å². The predicted molar refractivity (Wildman–Crippen MR) is 144 cm³/mol. The maximum Gasteiger partial charge on any atom is 0.250 e. The van der Waals surface area contributed by atoms with Gasteiger partial charge in [-0.25, -0.2) is 0 Å². The molecule has 0 fully saturated rings. The summed E-state index contributed by atoms with van der Waals surface area (Å²) in [5.41, 5.74) is 1.52. The molecule has 0 amide bonds. The Balaban J connectivity index is 3.08. The Labute approximate surface area is 197 Å². The summed E-state index contributed by atoms with van der Waals surface area (Å²) in [6.45, 7) is 26.6. The molecule has 0 aromatic heterocycles. The lowest BCUT2D eigenvalue weighted by Crippen LogP contribution is -2.43. The Morgan fingerprint density at radius 1 is 1.13 bits per heavy atom. The normalized spacial score (nSPS) is 21.4. The second kappa shape index (κ2) is 12.2. The van der Waals surface area contributed by atoms with Gasteiger partial charge in [-0.1, -0.05) is 67.0 Å². The third-order valence-corrected chi connectivity index (χ3v) is 17.2. The first-order chi connectivity index (χ1) is 14.3. The van der Waals surface area contributed by atoms with Gasteiger partial charge in [-0.05, 0) is 80.4 Å². The molecule has 0 radical (unpaired) electrons. The van der Waals surface area contributed by atoms with Gasteiger partial charge in [-0.3, -0.25) is 0 Å². The lowest BCUT2D eigenvalue weighted by molar-refractivity contribution is 0.184. The highest BCUT2D eigenvalue weighted by molar-refractivity contribution is 6.74. The number of hydrogen-bond donors (Lipinski definition) is 0. The predicted octanol–water partition coefficient (Wildman–Crippen LogP) is 9.32. The van der Waals surface area contributed by atoms with Crippen LogP contribution in [0.1, 0.15) is 88.0 Å². The van der Waals surface area contributed by atoms with Gasteiger partial charge in [0.15, 0.2) is 8.32 Å². The van der Waals surface area contributed by atoms with Crippen molar-refractivity contribution >= 4 is 16.6 Å². The Bertz CT molecular complexity index is 587. The summed E-state index contributed by atoms with van der Waals surface area (Å²) in [7, 11) is -3.35. The summed E-state index contributed by atoms with van der Waals surface area (Å²) in [4.78, 5) is 0. The molecule has 2 atom stereocenters. The lowest BCUT2D eigenvalue weighted by Gasteiger charge is -2.40. The molecule has 0 heterocycles.